The van der Waals surface area contributed by atoms with Crippen LogP contribution in [0.3, 0.4) is 0 Å². The lowest BCUT2D eigenvalue weighted by Gasteiger charge is -2.14. The Hall–Kier alpha value is -1.20. The van der Waals surface area contributed by atoms with Crippen molar-refractivity contribution in [3.8, 4) is 0 Å². The molecule has 0 spiro atoms. The zero-order chi connectivity index (χ0) is 13.1. The molecule has 0 bridgehead atoms. The van der Waals surface area contributed by atoms with Crippen molar-refractivity contribution in [3.05, 3.63) is 46.0 Å². The molecular weight excluding hydrogens is 294 g/mol. The molecule has 0 amide bonds. The summed E-state index contributed by atoms with van der Waals surface area (Å²) in [5.41, 5.74) is 2.00. The van der Waals surface area contributed by atoms with Crippen LogP contribution in [-0.4, -0.2) is 19.9 Å². The molecule has 2 rings (SSSR count). The van der Waals surface area contributed by atoms with Crippen LogP contribution in [0.1, 0.15) is 30.0 Å². The Labute approximate surface area is 115 Å². The minimum atomic E-state index is -0.575. The van der Waals surface area contributed by atoms with Gasteiger partial charge in [-0.05, 0) is 25.0 Å². The fourth-order valence-electron chi connectivity index (χ4n) is 1.92. The van der Waals surface area contributed by atoms with E-state index in [4.69, 9.17) is 0 Å². The first kappa shape index (κ1) is 13.2. The van der Waals surface area contributed by atoms with Crippen molar-refractivity contribution in [3.63, 3.8) is 0 Å². The molecular formula is C13H16BrN3O. The summed E-state index contributed by atoms with van der Waals surface area (Å²) in [5.74, 6) is 0.804. The van der Waals surface area contributed by atoms with Gasteiger partial charge in [0.25, 0.3) is 0 Å². The van der Waals surface area contributed by atoms with Crippen LogP contribution in [0, 0.1) is 6.92 Å². The van der Waals surface area contributed by atoms with Crippen molar-refractivity contribution >= 4 is 15.9 Å². The molecule has 1 aromatic carbocycles. The van der Waals surface area contributed by atoms with Gasteiger partial charge in [0.15, 0.2) is 0 Å². The van der Waals surface area contributed by atoms with Gasteiger partial charge in [0.1, 0.15) is 12.2 Å². The fraction of sp³-hybridized carbons (Fsp3) is 0.385. The number of hydrogen-bond donors (Lipinski definition) is 1. The van der Waals surface area contributed by atoms with Crippen molar-refractivity contribution in [1.29, 1.82) is 0 Å². The number of nitrogens with zero attached hydrogens (tertiary/aromatic N) is 3. The van der Waals surface area contributed by atoms with E-state index in [1.165, 1.54) is 6.33 Å². The molecule has 0 aliphatic heterocycles. The van der Waals surface area contributed by atoms with Crippen molar-refractivity contribution < 1.29 is 5.11 Å². The molecule has 0 aliphatic rings. The maximum Gasteiger partial charge on any atom is 0.138 e. The molecule has 1 aromatic heterocycles. The summed E-state index contributed by atoms with van der Waals surface area (Å²) in [4.78, 5) is 4.18. The lowest BCUT2D eigenvalue weighted by molar-refractivity contribution is 0.173. The van der Waals surface area contributed by atoms with E-state index in [0.29, 0.717) is 6.42 Å². The molecule has 5 heteroatoms. The van der Waals surface area contributed by atoms with Crippen LogP contribution >= 0.6 is 15.9 Å². The maximum absolute atomic E-state index is 10.3. The molecule has 0 aliphatic carbocycles. The van der Waals surface area contributed by atoms with Crippen LogP contribution < -0.4 is 0 Å². The summed E-state index contributed by atoms with van der Waals surface area (Å²) in [7, 11) is 0. The van der Waals surface area contributed by atoms with E-state index in [-0.39, 0.29) is 0 Å². The zero-order valence-electron chi connectivity index (χ0n) is 10.5. The van der Waals surface area contributed by atoms with E-state index >= 15 is 0 Å². The van der Waals surface area contributed by atoms with Gasteiger partial charge in [-0.25, -0.2) is 4.98 Å². The van der Waals surface area contributed by atoms with Gasteiger partial charge in [0.05, 0.1) is 6.10 Å². The summed E-state index contributed by atoms with van der Waals surface area (Å²) in [6.45, 7) is 4.78. The number of aliphatic hydroxyl groups excluding tert-OH is 1. The molecule has 96 valence electrons. The van der Waals surface area contributed by atoms with Gasteiger partial charge in [-0.1, -0.05) is 34.1 Å². The standard InChI is InChI=1S/C13H16BrN3O/c1-3-17-12(15-8-16-17)7-11(18)10-6-4-5-9(2)13(10)14/h4-6,8,11,18H,3,7H2,1-2H3. The molecule has 18 heavy (non-hydrogen) atoms. The first-order valence-corrected chi connectivity index (χ1v) is 6.72. The molecule has 0 saturated heterocycles. The van der Waals surface area contributed by atoms with Gasteiger partial charge in [0.2, 0.25) is 0 Å². The molecule has 1 unspecified atom stereocenters. The zero-order valence-corrected chi connectivity index (χ0v) is 12.1. The lowest BCUT2D eigenvalue weighted by atomic mass is 10.0. The predicted molar refractivity (Wildman–Crippen MR) is 73.2 cm³/mol. The second kappa shape index (κ2) is 5.63. The van der Waals surface area contributed by atoms with Crippen molar-refractivity contribution in [1.82, 2.24) is 14.8 Å². The van der Waals surface area contributed by atoms with E-state index in [9.17, 15) is 5.11 Å². The maximum atomic E-state index is 10.3. The molecule has 0 fully saturated rings. The Morgan fingerprint density at radius 1 is 1.44 bits per heavy atom. The highest BCUT2D eigenvalue weighted by Crippen LogP contribution is 2.28. The molecule has 0 radical (unpaired) electrons. The first-order chi connectivity index (χ1) is 8.63. The van der Waals surface area contributed by atoms with E-state index in [1.54, 1.807) is 4.68 Å². The number of benzene rings is 1. The monoisotopic (exact) mass is 309 g/mol. The number of hydrogen-bond acceptors (Lipinski definition) is 3. The Kier molecular flexibility index (Phi) is 4.14. The Balaban J connectivity index is 2.22. The second-order valence-electron chi connectivity index (χ2n) is 4.19. The van der Waals surface area contributed by atoms with Gasteiger partial charge >= 0.3 is 0 Å². The highest BCUT2D eigenvalue weighted by Gasteiger charge is 2.16. The molecule has 4 nitrogen and oxygen atoms in total. The average Bonchev–Trinajstić information content (AvgIpc) is 2.79. The second-order valence-corrected chi connectivity index (χ2v) is 4.98. The minimum absolute atomic E-state index is 0.468. The van der Waals surface area contributed by atoms with Crippen LogP contribution in [0.5, 0.6) is 0 Å². The van der Waals surface area contributed by atoms with Gasteiger partial charge < -0.3 is 5.11 Å². The Morgan fingerprint density at radius 3 is 2.94 bits per heavy atom. The van der Waals surface area contributed by atoms with Gasteiger partial charge in [0, 0.05) is 17.4 Å². The number of aromatic nitrogens is 3. The van der Waals surface area contributed by atoms with E-state index in [2.05, 4.69) is 26.0 Å². The van der Waals surface area contributed by atoms with Crippen LogP contribution in [0.2, 0.25) is 0 Å². The normalized spacial score (nSPS) is 12.7. The molecule has 2 aromatic rings. The van der Waals surface area contributed by atoms with E-state index in [0.717, 1.165) is 28.0 Å². The van der Waals surface area contributed by atoms with E-state index < -0.39 is 6.10 Å². The molecule has 1 heterocycles. The SMILES string of the molecule is CCn1ncnc1CC(O)c1cccc(C)c1Br. The predicted octanol–water partition coefficient (Wildman–Crippen LogP) is 2.65. The fourth-order valence-corrected chi connectivity index (χ4v) is 2.45. The van der Waals surface area contributed by atoms with Crippen LogP contribution in [-0.2, 0) is 13.0 Å². The molecule has 0 saturated carbocycles. The lowest BCUT2D eigenvalue weighted by Crippen LogP contribution is -2.10. The number of aliphatic hydroxyl groups is 1. The highest BCUT2D eigenvalue weighted by molar-refractivity contribution is 9.10. The Morgan fingerprint density at radius 2 is 2.22 bits per heavy atom. The van der Waals surface area contributed by atoms with Gasteiger partial charge in [-0.2, -0.15) is 5.10 Å². The average molecular weight is 310 g/mol. The van der Waals surface area contributed by atoms with Crippen LogP contribution in [0.4, 0.5) is 0 Å². The third-order valence-electron chi connectivity index (χ3n) is 2.95. The highest BCUT2D eigenvalue weighted by atomic mass is 79.9. The topological polar surface area (TPSA) is 50.9 Å². The van der Waals surface area contributed by atoms with Gasteiger partial charge in [-0.15, -0.1) is 0 Å². The Bertz CT molecular complexity index is 539. The summed E-state index contributed by atoms with van der Waals surface area (Å²) in [5, 5.41) is 14.4. The van der Waals surface area contributed by atoms with Crippen molar-refractivity contribution in [2.75, 3.05) is 0 Å². The van der Waals surface area contributed by atoms with Crippen LogP contribution in [0.15, 0.2) is 29.0 Å². The molecule has 1 atom stereocenters. The summed E-state index contributed by atoms with van der Waals surface area (Å²) in [6, 6.07) is 5.88. The molecule has 1 N–H and O–H groups in total. The van der Waals surface area contributed by atoms with E-state index in [1.807, 2.05) is 32.0 Å². The third-order valence-corrected chi connectivity index (χ3v) is 4.04. The van der Waals surface area contributed by atoms with Gasteiger partial charge in [-0.3, -0.25) is 4.68 Å². The number of rotatable bonds is 4. The van der Waals surface area contributed by atoms with Crippen molar-refractivity contribution in [2.24, 2.45) is 0 Å². The summed E-state index contributed by atoms with van der Waals surface area (Å²) < 4.78 is 2.76. The van der Waals surface area contributed by atoms with Crippen LogP contribution in [0.25, 0.3) is 0 Å². The summed E-state index contributed by atoms with van der Waals surface area (Å²) >= 11 is 3.52. The third kappa shape index (κ3) is 2.62. The summed E-state index contributed by atoms with van der Waals surface area (Å²) in [6.07, 6.45) is 1.42. The minimum Gasteiger partial charge on any atom is -0.388 e. The number of halogens is 1. The number of aryl methyl sites for hydroxylation is 2. The largest absolute Gasteiger partial charge is 0.388 e. The quantitative estimate of drug-likeness (QED) is 0.944. The smallest absolute Gasteiger partial charge is 0.138 e. The first-order valence-electron chi connectivity index (χ1n) is 5.93. The van der Waals surface area contributed by atoms with Crippen molar-refractivity contribution in [2.45, 2.75) is 32.9 Å².